The Morgan fingerprint density at radius 3 is 2.36 bits per heavy atom. The van der Waals surface area contributed by atoms with Gasteiger partial charge in [0.2, 0.25) is 0 Å². The summed E-state index contributed by atoms with van der Waals surface area (Å²) in [6.45, 7) is 4.67. The van der Waals surface area contributed by atoms with Crippen LogP contribution in [-0.4, -0.2) is 6.66 Å². The van der Waals surface area contributed by atoms with E-state index >= 15 is 0 Å². The summed E-state index contributed by atoms with van der Waals surface area (Å²) in [5, 5.41) is 5.16. The van der Waals surface area contributed by atoms with Crippen LogP contribution in [-0.2, 0) is 15.8 Å². The van der Waals surface area contributed by atoms with Gasteiger partial charge in [-0.2, -0.15) is 0 Å². The standard InChI is InChI=1S/C5H5.C2H7Si.2CH3.Ti/c1-2-4-5-3-1;1-3-2;;;/h1-3H,4H2;3H,1-2H3;2*1H3;. The van der Waals surface area contributed by atoms with E-state index in [9.17, 15) is 0 Å². The van der Waals surface area contributed by atoms with Crippen molar-refractivity contribution >= 4 is 6.66 Å². The van der Waals surface area contributed by atoms with Gasteiger partial charge in [-0.15, -0.1) is 0 Å². The molecule has 0 N–H and O–H groups in total. The van der Waals surface area contributed by atoms with Crippen molar-refractivity contribution in [2.75, 3.05) is 0 Å². The Hall–Kier alpha value is 0.411. The third-order valence-corrected chi connectivity index (χ3v) is 24.1. The molecule has 0 aliphatic heterocycles. The Bertz CT molecular complexity index is 202. The summed E-state index contributed by atoms with van der Waals surface area (Å²) in [5.74, 6) is 0. The molecule has 0 aromatic heterocycles. The van der Waals surface area contributed by atoms with E-state index in [1.54, 1.807) is 0 Å². The van der Waals surface area contributed by atoms with Crippen molar-refractivity contribution in [3.8, 4) is 0 Å². The average molecular weight is 202 g/mol. The summed E-state index contributed by atoms with van der Waals surface area (Å²) in [7, 11) is 0. The van der Waals surface area contributed by atoms with Crippen molar-refractivity contribution in [2.45, 2.75) is 30.0 Å². The van der Waals surface area contributed by atoms with Gasteiger partial charge >= 0.3 is 74.6 Å². The first-order chi connectivity index (χ1) is 5.05. The molecule has 0 spiro atoms. The van der Waals surface area contributed by atoms with Crippen LogP contribution in [0.1, 0.15) is 6.42 Å². The predicted molar refractivity (Wildman–Crippen MR) is 52.4 cm³/mol. The third kappa shape index (κ3) is 1.95. The van der Waals surface area contributed by atoms with Crippen LogP contribution in [0.3, 0.4) is 0 Å². The molecule has 2 heteroatoms. The average Bonchev–Trinajstić information content (AvgIpc) is 2.37. The molecule has 0 aromatic carbocycles. The van der Waals surface area contributed by atoms with Gasteiger partial charge in [-0.05, 0) is 0 Å². The van der Waals surface area contributed by atoms with Crippen LogP contribution in [0.5, 0.6) is 0 Å². The zero-order chi connectivity index (χ0) is 8.48. The van der Waals surface area contributed by atoms with Gasteiger partial charge in [-0.1, -0.05) is 0 Å². The second-order valence-electron chi connectivity index (χ2n) is 4.20. The zero-order valence-electron chi connectivity index (χ0n) is 8.02. The minimum absolute atomic E-state index is 0.354. The normalized spacial score (nSPS) is 17.7. The molecular formula is C9H18SiTi. The van der Waals surface area contributed by atoms with Gasteiger partial charge in [0, 0.05) is 0 Å². The molecule has 1 aliphatic rings. The fourth-order valence-corrected chi connectivity index (χ4v) is 8.22. The van der Waals surface area contributed by atoms with Gasteiger partial charge in [-0.25, -0.2) is 0 Å². The Balaban J connectivity index is 2.73. The van der Waals surface area contributed by atoms with Crippen molar-refractivity contribution in [2.24, 2.45) is 0 Å². The molecule has 1 aliphatic carbocycles. The fraction of sp³-hybridized carbons (Fsp3) is 0.556. The first kappa shape index (κ1) is 9.50. The molecule has 0 bridgehead atoms. The van der Waals surface area contributed by atoms with Crippen LogP contribution in [0.4, 0.5) is 0 Å². The molecule has 0 aromatic rings. The van der Waals surface area contributed by atoms with E-state index < -0.39 is 15.8 Å². The maximum atomic E-state index is 2.58. The van der Waals surface area contributed by atoms with Crippen LogP contribution in [0.2, 0.25) is 23.6 Å². The second kappa shape index (κ2) is 3.42. The van der Waals surface area contributed by atoms with E-state index in [1.165, 1.54) is 6.42 Å². The Morgan fingerprint density at radius 1 is 1.36 bits per heavy atom. The van der Waals surface area contributed by atoms with E-state index in [4.69, 9.17) is 0 Å². The second-order valence-corrected chi connectivity index (χ2v) is 24.3. The molecule has 0 fully saturated rings. The van der Waals surface area contributed by atoms with Crippen LogP contribution < -0.4 is 0 Å². The molecule has 62 valence electrons. The Labute approximate surface area is 74.5 Å². The van der Waals surface area contributed by atoms with Crippen LogP contribution >= 0.6 is 0 Å². The van der Waals surface area contributed by atoms with Crippen molar-refractivity contribution in [3.05, 3.63) is 22.1 Å². The number of allylic oxidation sites excluding steroid dienone is 4. The zero-order valence-corrected chi connectivity index (χ0v) is 10.7. The van der Waals surface area contributed by atoms with E-state index in [2.05, 4.69) is 41.8 Å². The summed E-state index contributed by atoms with van der Waals surface area (Å²) in [6.07, 6.45) is 8.20. The predicted octanol–water partition coefficient (Wildman–Crippen LogP) is 3.06. The quantitative estimate of drug-likeness (QED) is 0.604. The summed E-state index contributed by atoms with van der Waals surface area (Å²) < 4.78 is 1.83. The van der Waals surface area contributed by atoms with Crippen molar-refractivity contribution < 1.29 is 15.8 Å². The van der Waals surface area contributed by atoms with Gasteiger partial charge in [0.25, 0.3) is 0 Å². The number of hydrogen-bond donors (Lipinski definition) is 0. The molecule has 0 saturated heterocycles. The van der Waals surface area contributed by atoms with Gasteiger partial charge in [0.15, 0.2) is 0 Å². The van der Waals surface area contributed by atoms with Crippen LogP contribution in [0.25, 0.3) is 0 Å². The maximum absolute atomic E-state index is 2.58. The molecule has 11 heavy (non-hydrogen) atoms. The topological polar surface area (TPSA) is 0 Å². The molecule has 0 amide bonds. The first-order valence-corrected chi connectivity index (χ1v) is 13.9. The Morgan fingerprint density at radius 2 is 2.00 bits per heavy atom. The minimum atomic E-state index is -1.41. The SMILES string of the molecule is C[SiH](C)[Ti]([CH3])([CH3])[C]1=CC=CC1. The summed E-state index contributed by atoms with van der Waals surface area (Å²) in [4.78, 5) is 0. The molecular weight excluding hydrogens is 184 g/mol. The molecule has 1 rings (SSSR count). The van der Waals surface area contributed by atoms with Crippen molar-refractivity contribution in [3.63, 3.8) is 0 Å². The molecule has 0 unspecified atom stereocenters. The van der Waals surface area contributed by atoms with E-state index in [1.807, 2.05) is 3.88 Å². The first-order valence-electron chi connectivity index (χ1n) is 4.41. The third-order valence-electron chi connectivity index (χ3n) is 3.04. The number of hydrogen-bond acceptors (Lipinski definition) is 0. The monoisotopic (exact) mass is 202 g/mol. The van der Waals surface area contributed by atoms with Gasteiger partial charge in [0.05, 0.1) is 0 Å². The molecule has 0 radical (unpaired) electrons. The van der Waals surface area contributed by atoms with Crippen molar-refractivity contribution in [1.82, 2.24) is 0 Å². The molecule has 0 atom stereocenters. The van der Waals surface area contributed by atoms with Crippen LogP contribution in [0, 0.1) is 0 Å². The molecule has 0 heterocycles. The van der Waals surface area contributed by atoms with Gasteiger partial charge < -0.3 is 0 Å². The van der Waals surface area contributed by atoms with E-state index in [0.29, 0.717) is 0 Å². The van der Waals surface area contributed by atoms with Crippen molar-refractivity contribution in [1.29, 1.82) is 0 Å². The van der Waals surface area contributed by atoms with E-state index in [0.717, 1.165) is 0 Å². The van der Waals surface area contributed by atoms with Gasteiger partial charge in [-0.3, -0.25) is 0 Å². The van der Waals surface area contributed by atoms with E-state index in [-0.39, 0.29) is 6.66 Å². The summed E-state index contributed by atoms with van der Waals surface area (Å²) in [6, 6.07) is 0. The fourth-order valence-electron chi connectivity index (χ4n) is 1.30. The van der Waals surface area contributed by atoms with Crippen LogP contribution in [0.15, 0.2) is 22.1 Å². The summed E-state index contributed by atoms with van der Waals surface area (Å²) >= 11 is -1.41. The van der Waals surface area contributed by atoms with Gasteiger partial charge in [0.1, 0.15) is 0 Å². The molecule has 0 nitrogen and oxygen atoms in total. The Kier molecular flexibility index (Phi) is 2.96. The molecule has 0 saturated carbocycles. The summed E-state index contributed by atoms with van der Waals surface area (Å²) in [5.41, 5.74) is 0. The number of rotatable bonds is 2.